The molecule has 0 spiro atoms. The van der Waals surface area contributed by atoms with Crippen LogP contribution in [0.5, 0.6) is 0 Å². The van der Waals surface area contributed by atoms with Crippen LogP contribution in [0.1, 0.15) is 77.6 Å². The minimum atomic E-state index is -0.909. The summed E-state index contributed by atoms with van der Waals surface area (Å²) < 4.78 is 0.458. The van der Waals surface area contributed by atoms with Crippen LogP contribution < -0.4 is 5.11 Å². The van der Waals surface area contributed by atoms with Crippen molar-refractivity contribution in [3.8, 4) is 0 Å². The second kappa shape index (κ2) is 11.1. The van der Waals surface area contributed by atoms with Gasteiger partial charge in [-0.3, -0.25) is 0 Å². The van der Waals surface area contributed by atoms with E-state index in [4.69, 9.17) is 0 Å². The Labute approximate surface area is 126 Å². The highest BCUT2D eigenvalue weighted by Crippen LogP contribution is 2.15. The Hall–Kier alpha value is -0.570. The van der Waals surface area contributed by atoms with Crippen molar-refractivity contribution >= 4 is 5.97 Å². The molecule has 0 aliphatic heterocycles. The topological polar surface area (TPSA) is 40.1 Å². The molecule has 0 saturated carbocycles. The van der Waals surface area contributed by atoms with E-state index < -0.39 is 5.97 Å². The van der Waals surface area contributed by atoms with E-state index in [0.717, 1.165) is 19.3 Å². The quantitative estimate of drug-likeness (QED) is 0.385. The molecule has 0 heterocycles. The van der Waals surface area contributed by atoms with Crippen LogP contribution >= 0.6 is 0 Å². The maximum atomic E-state index is 11.1. The molecule has 0 N–H and O–H groups in total. The number of rotatable bonds is 13. The molecule has 0 fully saturated rings. The van der Waals surface area contributed by atoms with E-state index in [1.807, 2.05) is 21.1 Å². The van der Waals surface area contributed by atoms with Crippen molar-refractivity contribution in [3.05, 3.63) is 0 Å². The van der Waals surface area contributed by atoms with Gasteiger partial charge in [-0.15, -0.1) is 0 Å². The van der Waals surface area contributed by atoms with Gasteiger partial charge in [0.05, 0.1) is 27.1 Å². The van der Waals surface area contributed by atoms with Crippen LogP contribution in [-0.4, -0.2) is 37.6 Å². The van der Waals surface area contributed by atoms with Gasteiger partial charge < -0.3 is 14.4 Å². The first kappa shape index (κ1) is 19.4. The van der Waals surface area contributed by atoms with Crippen LogP contribution in [0.25, 0.3) is 0 Å². The van der Waals surface area contributed by atoms with E-state index in [9.17, 15) is 9.90 Å². The number of aliphatic carboxylic acids is 1. The zero-order valence-corrected chi connectivity index (χ0v) is 14.1. The number of unbranched alkanes of at least 4 members (excludes halogenated alkanes) is 9. The lowest BCUT2D eigenvalue weighted by Crippen LogP contribution is -2.54. The van der Waals surface area contributed by atoms with Gasteiger partial charge >= 0.3 is 0 Å². The maximum absolute atomic E-state index is 11.1. The molecule has 0 bridgehead atoms. The number of carboxylic acids is 1. The summed E-state index contributed by atoms with van der Waals surface area (Å²) in [5.74, 6) is -0.909. The predicted octanol–water partition coefficient (Wildman–Crippen LogP) is 3.12. The Morgan fingerprint density at radius 1 is 0.850 bits per heavy atom. The number of hydrogen-bond acceptors (Lipinski definition) is 2. The minimum absolute atomic E-state index is 0.371. The van der Waals surface area contributed by atoms with Crippen LogP contribution in [0, 0.1) is 0 Å². The zero-order chi connectivity index (χ0) is 15.4. The Bertz CT molecular complexity index is 246. The van der Waals surface area contributed by atoms with Gasteiger partial charge in [0, 0.05) is 6.42 Å². The Morgan fingerprint density at radius 3 is 1.60 bits per heavy atom. The van der Waals surface area contributed by atoms with Gasteiger partial charge in [-0.05, 0) is 6.42 Å². The molecule has 0 aliphatic carbocycles. The van der Waals surface area contributed by atoms with E-state index in [0.29, 0.717) is 4.48 Å². The summed E-state index contributed by atoms with van der Waals surface area (Å²) in [5, 5.41) is 11.1. The summed E-state index contributed by atoms with van der Waals surface area (Å²) in [6, 6.07) is -0.371. The fourth-order valence-corrected chi connectivity index (χ4v) is 2.65. The molecule has 0 aliphatic rings. The Morgan fingerprint density at radius 2 is 1.25 bits per heavy atom. The zero-order valence-electron chi connectivity index (χ0n) is 14.1. The summed E-state index contributed by atoms with van der Waals surface area (Å²) in [7, 11) is 5.78. The molecule has 1 unspecified atom stereocenters. The van der Waals surface area contributed by atoms with Crippen LogP contribution in [0.15, 0.2) is 0 Å². The van der Waals surface area contributed by atoms with E-state index in [1.165, 1.54) is 51.4 Å². The molecule has 0 saturated heterocycles. The van der Waals surface area contributed by atoms with Gasteiger partial charge in [0.2, 0.25) is 0 Å². The smallest absolute Gasteiger partial charge is 0.129 e. The number of likely N-dealkylation sites (N-methyl/N-ethyl adjacent to an activating group) is 1. The monoisotopic (exact) mass is 285 g/mol. The summed E-state index contributed by atoms with van der Waals surface area (Å²) in [6.45, 7) is 2.25. The van der Waals surface area contributed by atoms with Crippen LogP contribution in [0.3, 0.4) is 0 Å². The average Bonchev–Trinajstić information content (AvgIpc) is 2.34. The molecule has 0 amide bonds. The lowest BCUT2D eigenvalue weighted by molar-refractivity contribution is -0.889. The first-order valence-electron chi connectivity index (χ1n) is 8.41. The van der Waals surface area contributed by atoms with Gasteiger partial charge in [-0.2, -0.15) is 0 Å². The average molecular weight is 285 g/mol. The van der Waals surface area contributed by atoms with Crippen molar-refractivity contribution in [3.63, 3.8) is 0 Å². The second-order valence-corrected chi connectivity index (χ2v) is 6.92. The van der Waals surface area contributed by atoms with E-state index >= 15 is 0 Å². The predicted molar refractivity (Wildman–Crippen MR) is 83.3 cm³/mol. The number of carbonyl (C=O) groups excluding carboxylic acids is 1. The van der Waals surface area contributed by atoms with E-state index in [1.54, 1.807) is 0 Å². The largest absolute Gasteiger partial charge is 0.544 e. The van der Waals surface area contributed by atoms with Crippen LogP contribution in [0.4, 0.5) is 0 Å². The highest BCUT2D eigenvalue weighted by molar-refractivity contribution is 5.69. The third-order valence-corrected chi connectivity index (χ3v) is 4.04. The van der Waals surface area contributed by atoms with Crippen LogP contribution in [-0.2, 0) is 4.79 Å². The third kappa shape index (κ3) is 10.2. The highest BCUT2D eigenvalue weighted by Gasteiger charge is 2.24. The molecular weight excluding hydrogens is 250 g/mol. The number of carbonyl (C=O) groups is 1. The molecule has 3 heteroatoms. The molecule has 0 rings (SSSR count). The summed E-state index contributed by atoms with van der Waals surface area (Å²) in [6.07, 6.45) is 13.6. The van der Waals surface area contributed by atoms with Gasteiger partial charge in [0.15, 0.2) is 0 Å². The van der Waals surface area contributed by atoms with Crippen molar-refractivity contribution in [2.45, 2.75) is 83.6 Å². The highest BCUT2D eigenvalue weighted by atomic mass is 16.4. The van der Waals surface area contributed by atoms with E-state index in [2.05, 4.69) is 6.92 Å². The van der Waals surface area contributed by atoms with Crippen molar-refractivity contribution in [2.24, 2.45) is 0 Å². The fraction of sp³-hybridized carbons (Fsp3) is 0.941. The molecule has 1 atom stereocenters. The molecule has 0 aromatic heterocycles. The molecule has 0 radical (unpaired) electrons. The standard InChI is InChI=1S/C17H35NO2/c1-5-6-7-8-9-10-11-12-13-14-15-16(17(19)20)18(2,3)4/h16H,5-15H2,1-4H3. The fourth-order valence-electron chi connectivity index (χ4n) is 2.65. The van der Waals surface area contributed by atoms with Crippen molar-refractivity contribution < 1.29 is 14.4 Å². The summed E-state index contributed by atoms with van der Waals surface area (Å²) in [4.78, 5) is 11.1. The lowest BCUT2D eigenvalue weighted by Gasteiger charge is -2.34. The lowest BCUT2D eigenvalue weighted by atomic mass is 10.0. The number of hydrogen-bond donors (Lipinski definition) is 0. The molecule has 0 aromatic rings. The summed E-state index contributed by atoms with van der Waals surface area (Å²) in [5.41, 5.74) is 0. The normalized spacial score (nSPS) is 13.4. The molecule has 0 aromatic carbocycles. The van der Waals surface area contributed by atoms with E-state index in [-0.39, 0.29) is 6.04 Å². The van der Waals surface area contributed by atoms with Gasteiger partial charge in [-0.1, -0.05) is 64.7 Å². The van der Waals surface area contributed by atoms with Crippen molar-refractivity contribution in [2.75, 3.05) is 21.1 Å². The maximum Gasteiger partial charge on any atom is 0.129 e. The number of nitrogens with zero attached hydrogens (tertiary/aromatic N) is 1. The van der Waals surface area contributed by atoms with Crippen molar-refractivity contribution in [1.82, 2.24) is 0 Å². The molecule has 20 heavy (non-hydrogen) atoms. The first-order chi connectivity index (χ1) is 9.39. The van der Waals surface area contributed by atoms with Gasteiger partial charge in [-0.25, -0.2) is 0 Å². The van der Waals surface area contributed by atoms with Crippen LogP contribution in [0.2, 0.25) is 0 Å². The molecule has 120 valence electrons. The Balaban J connectivity index is 3.49. The number of carboxylic acid groups (broad SMARTS) is 1. The van der Waals surface area contributed by atoms with Gasteiger partial charge in [0.25, 0.3) is 0 Å². The second-order valence-electron chi connectivity index (χ2n) is 6.92. The first-order valence-corrected chi connectivity index (χ1v) is 8.41. The minimum Gasteiger partial charge on any atom is -0.544 e. The van der Waals surface area contributed by atoms with Crippen molar-refractivity contribution in [1.29, 1.82) is 0 Å². The molecule has 3 nitrogen and oxygen atoms in total. The van der Waals surface area contributed by atoms with Gasteiger partial charge in [0.1, 0.15) is 6.04 Å². The summed E-state index contributed by atoms with van der Waals surface area (Å²) >= 11 is 0. The number of quaternary nitrogens is 1. The Kier molecular flexibility index (Phi) is 10.8. The molecular formula is C17H35NO2. The SMILES string of the molecule is CCCCCCCCCCCCC(C(=O)[O-])[N+](C)(C)C. The third-order valence-electron chi connectivity index (χ3n) is 4.04.